The van der Waals surface area contributed by atoms with Crippen LogP contribution in [0.25, 0.3) is 0 Å². The summed E-state index contributed by atoms with van der Waals surface area (Å²) in [7, 11) is 0. The Bertz CT molecular complexity index is 179. The first-order chi connectivity index (χ1) is 7.20. The third kappa shape index (κ3) is 3.37. The lowest BCUT2D eigenvalue weighted by Gasteiger charge is -2.37. The lowest BCUT2D eigenvalue weighted by Crippen LogP contribution is -2.54. The van der Waals surface area contributed by atoms with E-state index in [1.807, 2.05) is 0 Å². The van der Waals surface area contributed by atoms with Crippen molar-refractivity contribution >= 4 is 0 Å². The minimum atomic E-state index is -1.02. The first-order valence-corrected chi connectivity index (χ1v) is 5.20. The monoisotopic (exact) mass is 220 g/mol. The van der Waals surface area contributed by atoms with E-state index < -0.39 is 18.3 Å². The highest BCUT2D eigenvalue weighted by Crippen LogP contribution is 2.19. The van der Waals surface area contributed by atoms with Gasteiger partial charge in [-0.3, -0.25) is 0 Å². The minimum Gasteiger partial charge on any atom is -0.394 e. The Morgan fingerprint density at radius 1 is 1.33 bits per heavy atom. The fourth-order valence-electron chi connectivity index (χ4n) is 1.67. The maximum Gasteiger partial charge on any atom is 0.109 e. The Labute approximate surface area is 89.0 Å². The van der Waals surface area contributed by atoms with E-state index in [1.165, 1.54) is 0 Å². The zero-order valence-electron chi connectivity index (χ0n) is 8.67. The van der Waals surface area contributed by atoms with Crippen molar-refractivity contribution in [3.05, 3.63) is 0 Å². The number of hydrogen-bond donors (Lipinski definition) is 5. The lowest BCUT2D eigenvalue weighted by molar-refractivity contribution is -0.173. The molecule has 1 aliphatic heterocycles. The van der Waals surface area contributed by atoms with Gasteiger partial charge in [0.05, 0.1) is 19.3 Å². The van der Waals surface area contributed by atoms with Crippen molar-refractivity contribution in [3.8, 4) is 0 Å². The number of aliphatic hydroxyl groups excluding tert-OH is 3. The second-order valence-electron chi connectivity index (χ2n) is 3.79. The van der Waals surface area contributed by atoms with Crippen molar-refractivity contribution in [2.75, 3.05) is 32.8 Å². The molecule has 0 bridgehead atoms. The molecule has 1 rings (SSSR count). The van der Waals surface area contributed by atoms with E-state index >= 15 is 0 Å². The zero-order valence-corrected chi connectivity index (χ0v) is 8.67. The topological polar surface area (TPSA) is 108 Å². The normalized spacial score (nSPS) is 36.8. The Morgan fingerprint density at radius 3 is 2.67 bits per heavy atom. The largest absolute Gasteiger partial charge is 0.394 e. The molecule has 4 atom stereocenters. The Balaban J connectivity index is 2.35. The van der Waals surface area contributed by atoms with Gasteiger partial charge in [-0.1, -0.05) is 0 Å². The molecule has 1 heterocycles. The maximum absolute atomic E-state index is 9.73. The van der Waals surface area contributed by atoms with Gasteiger partial charge in [-0.25, -0.2) is 0 Å². The SMILES string of the molecule is NCCNC[C@@H]1CO[C@H](CO)[C@H](O)[C@@H]1O. The van der Waals surface area contributed by atoms with E-state index in [9.17, 15) is 10.2 Å². The van der Waals surface area contributed by atoms with Crippen LogP contribution in [0.15, 0.2) is 0 Å². The van der Waals surface area contributed by atoms with Gasteiger partial charge in [0.25, 0.3) is 0 Å². The molecule has 0 saturated carbocycles. The van der Waals surface area contributed by atoms with Crippen LogP contribution < -0.4 is 11.1 Å². The van der Waals surface area contributed by atoms with Crippen molar-refractivity contribution < 1.29 is 20.1 Å². The molecule has 1 fully saturated rings. The van der Waals surface area contributed by atoms with Crippen LogP contribution in [0.5, 0.6) is 0 Å². The molecule has 6 nitrogen and oxygen atoms in total. The molecule has 0 spiro atoms. The molecule has 0 amide bonds. The number of nitrogens with two attached hydrogens (primary N) is 1. The number of aliphatic hydroxyl groups is 3. The summed E-state index contributed by atoms with van der Waals surface area (Å²) in [4.78, 5) is 0. The average Bonchev–Trinajstić information content (AvgIpc) is 2.25. The van der Waals surface area contributed by atoms with Crippen molar-refractivity contribution in [1.29, 1.82) is 0 Å². The number of nitrogens with one attached hydrogen (secondary N) is 1. The third-order valence-electron chi connectivity index (χ3n) is 2.65. The first kappa shape index (κ1) is 12.8. The standard InChI is InChI=1S/C9H20N2O4/c10-1-2-11-3-6-5-15-7(4-12)9(14)8(6)13/h6-9,11-14H,1-5,10H2/t6-,7-,8-,9+/m1/s1. The average molecular weight is 220 g/mol. The van der Waals surface area contributed by atoms with Gasteiger partial charge < -0.3 is 31.1 Å². The Kier molecular flexibility index (Phi) is 5.44. The van der Waals surface area contributed by atoms with E-state index in [-0.39, 0.29) is 12.5 Å². The fourth-order valence-corrected chi connectivity index (χ4v) is 1.67. The van der Waals surface area contributed by atoms with E-state index in [1.54, 1.807) is 0 Å². The van der Waals surface area contributed by atoms with Crippen LogP contribution in [-0.2, 0) is 4.74 Å². The fraction of sp³-hybridized carbons (Fsp3) is 1.00. The molecule has 0 radical (unpaired) electrons. The van der Waals surface area contributed by atoms with E-state index in [0.717, 1.165) is 0 Å². The van der Waals surface area contributed by atoms with Gasteiger partial charge in [-0.2, -0.15) is 0 Å². The van der Waals surface area contributed by atoms with E-state index in [0.29, 0.717) is 26.2 Å². The molecule has 6 N–H and O–H groups in total. The Morgan fingerprint density at radius 2 is 2.07 bits per heavy atom. The minimum absolute atomic E-state index is 0.158. The first-order valence-electron chi connectivity index (χ1n) is 5.20. The molecular weight excluding hydrogens is 200 g/mol. The lowest BCUT2D eigenvalue weighted by atomic mass is 9.92. The van der Waals surface area contributed by atoms with Gasteiger partial charge in [0, 0.05) is 25.6 Å². The molecule has 15 heavy (non-hydrogen) atoms. The van der Waals surface area contributed by atoms with Crippen molar-refractivity contribution in [2.45, 2.75) is 18.3 Å². The molecule has 0 aromatic heterocycles. The smallest absolute Gasteiger partial charge is 0.109 e. The van der Waals surface area contributed by atoms with Crippen LogP contribution in [0.3, 0.4) is 0 Å². The molecule has 0 aromatic rings. The molecule has 1 saturated heterocycles. The molecule has 0 aliphatic carbocycles. The predicted molar refractivity (Wildman–Crippen MR) is 54.3 cm³/mol. The molecule has 0 unspecified atom stereocenters. The van der Waals surface area contributed by atoms with Gasteiger partial charge in [-0.15, -0.1) is 0 Å². The number of hydrogen-bond acceptors (Lipinski definition) is 6. The number of ether oxygens (including phenoxy) is 1. The quantitative estimate of drug-likeness (QED) is 0.322. The number of rotatable bonds is 5. The summed E-state index contributed by atoms with van der Waals surface area (Å²) in [6.07, 6.45) is -2.56. The third-order valence-corrected chi connectivity index (χ3v) is 2.65. The van der Waals surface area contributed by atoms with Crippen LogP contribution >= 0.6 is 0 Å². The van der Waals surface area contributed by atoms with Gasteiger partial charge in [-0.05, 0) is 0 Å². The van der Waals surface area contributed by atoms with Crippen molar-refractivity contribution in [2.24, 2.45) is 11.7 Å². The highest BCUT2D eigenvalue weighted by atomic mass is 16.5. The molecule has 90 valence electrons. The highest BCUT2D eigenvalue weighted by Gasteiger charge is 2.37. The van der Waals surface area contributed by atoms with Crippen LogP contribution in [-0.4, -0.2) is 66.5 Å². The van der Waals surface area contributed by atoms with Gasteiger partial charge >= 0.3 is 0 Å². The zero-order chi connectivity index (χ0) is 11.3. The van der Waals surface area contributed by atoms with Gasteiger partial charge in [0.1, 0.15) is 12.2 Å². The molecule has 0 aromatic carbocycles. The molecule has 6 heteroatoms. The molecular formula is C9H20N2O4. The van der Waals surface area contributed by atoms with Crippen molar-refractivity contribution in [1.82, 2.24) is 5.32 Å². The summed E-state index contributed by atoms with van der Waals surface area (Å²) in [6, 6.07) is 0. The summed E-state index contributed by atoms with van der Waals surface area (Å²) in [5, 5.41) is 31.2. The summed E-state index contributed by atoms with van der Waals surface area (Å²) < 4.78 is 5.22. The second-order valence-corrected chi connectivity index (χ2v) is 3.79. The second kappa shape index (κ2) is 6.37. The van der Waals surface area contributed by atoms with Crippen LogP contribution in [0.4, 0.5) is 0 Å². The summed E-state index contributed by atoms with van der Waals surface area (Å²) >= 11 is 0. The summed E-state index contributed by atoms with van der Waals surface area (Å²) in [6.45, 7) is 1.81. The van der Waals surface area contributed by atoms with E-state index in [2.05, 4.69) is 5.32 Å². The Hall–Kier alpha value is -0.240. The predicted octanol–water partition coefficient (Wildman–Crippen LogP) is -2.74. The van der Waals surface area contributed by atoms with Crippen molar-refractivity contribution in [3.63, 3.8) is 0 Å². The van der Waals surface area contributed by atoms with Crippen LogP contribution in [0.1, 0.15) is 0 Å². The van der Waals surface area contributed by atoms with Gasteiger partial charge in [0.15, 0.2) is 0 Å². The summed E-state index contributed by atoms with van der Waals surface area (Å²) in [5.74, 6) is -0.158. The molecule has 1 aliphatic rings. The van der Waals surface area contributed by atoms with Crippen LogP contribution in [0.2, 0.25) is 0 Å². The maximum atomic E-state index is 9.73. The van der Waals surface area contributed by atoms with E-state index in [4.69, 9.17) is 15.6 Å². The highest BCUT2D eigenvalue weighted by molar-refractivity contribution is 4.87. The summed E-state index contributed by atoms with van der Waals surface area (Å²) in [5.41, 5.74) is 5.31. The van der Waals surface area contributed by atoms with Crippen LogP contribution in [0, 0.1) is 5.92 Å². The van der Waals surface area contributed by atoms with Gasteiger partial charge in [0.2, 0.25) is 0 Å².